The maximum Gasteiger partial charge on any atom is 0.233 e. The van der Waals surface area contributed by atoms with Gasteiger partial charge in [0.05, 0.1) is 11.8 Å². The monoisotopic (exact) mass is 411 g/mol. The molecule has 30 heavy (non-hydrogen) atoms. The van der Waals surface area contributed by atoms with Crippen molar-refractivity contribution >= 4 is 29.3 Å². The molecule has 1 aromatic carbocycles. The second-order valence-electron chi connectivity index (χ2n) is 8.52. The predicted molar refractivity (Wildman–Crippen MR) is 111 cm³/mol. The summed E-state index contributed by atoms with van der Waals surface area (Å²) in [5, 5.41) is 2.87. The molecule has 2 atom stereocenters. The molecule has 0 spiro atoms. The van der Waals surface area contributed by atoms with Gasteiger partial charge < -0.3 is 10.2 Å². The van der Waals surface area contributed by atoms with Crippen molar-refractivity contribution in [3.8, 4) is 0 Å². The zero-order valence-corrected chi connectivity index (χ0v) is 17.3. The molecule has 2 unspecified atom stereocenters. The first kappa shape index (κ1) is 20.6. The summed E-state index contributed by atoms with van der Waals surface area (Å²) in [6.07, 6.45) is 6.20. The predicted octanol–water partition coefficient (Wildman–Crippen LogP) is 2.38. The zero-order chi connectivity index (χ0) is 21.1. The Morgan fingerprint density at radius 3 is 2.43 bits per heavy atom. The van der Waals surface area contributed by atoms with Crippen LogP contribution in [0.15, 0.2) is 24.3 Å². The molecule has 160 valence electrons. The summed E-state index contributed by atoms with van der Waals surface area (Å²) in [4.78, 5) is 52.5. The molecule has 2 saturated heterocycles. The van der Waals surface area contributed by atoms with Crippen molar-refractivity contribution in [2.45, 2.75) is 57.9 Å². The third-order valence-corrected chi connectivity index (χ3v) is 6.53. The van der Waals surface area contributed by atoms with E-state index in [1.54, 1.807) is 4.90 Å². The molecule has 3 aliphatic rings. The van der Waals surface area contributed by atoms with Gasteiger partial charge in [0.25, 0.3) is 0 Å². The number of nitrogens with zero attached hydrogens (tertiary/aromatic N) is 2. The summed E-state index contributed by atoms with van der Waals surface area (Å²) >= 11 is 0. The summed E-state index contributed by atoms with van der Waals surface area (Å²) < 4.78 is 0. The molecule has 1 saturated carbocycles. The lowest BCUT2D eigenvalue weighted by atomic mass is 9.81. The van der Waals surface area contributed by atoms with Gasteiger partial charge in [0.1, 0.15) is 0 Å². The van der Waals surface area contributed by atoms with Gasteiger partial charge >= 0.3 is 0 Å². The lowest BCUT2D eigenvalue weighted by Crippen LogP contribution is -2.35. The van der Waals surface area contributed by atoms with Crippen LogP contribution in [0.1, 0.15) is 56.9 Å². The van der Waals surface area contributed by atoms with E-state index < -0.39 is 0 Å². The number of imide groups is 1. The third-order valence-electron chi connectivity index (χ3n) is 6.53. The van der Waals surface area contributed by atoms with Gasteiger partial charge in [-0.05, 0) is 43.4 Å². The summed E-state index contributed by atoms with van der Waals surface area (Å²) in [5.41, 5.74) is 1.78. The van der Waals surface area contributed by atoms with Crippen molar-refractivity contribution in [3.05, 3.63) is 29.8 Å². The van der Waals surface area contributed by atoms with Crippen LogP contribution in [-0.2, 0) is 25.7 Å². The minimum absolute atomic E-state index is 0.101. The smallest absolute Gasteiger partial charge is 0.233 e. The Morgan fingerprint density at radius 2 is 1.73 bits per heavy atom. The third kappa shape index (κ3) is 4.25. The van der Waals surface area contributed by atoms with Gasteiger partial charge in [0.15, 0.2) is 0 Å². The first-order valence-corrected chi connectivity index (χ1v) is 11.1. The van der Waals surface area contributed by atoms with Crippen LogP contribution < -0.4 is 10.2 Å². The minimum atomic E-state index is -0.190. The Labute approximate surface area is 176 Å². The quantitative estimate of drug-likeness (QED) is 0.728. The molecule has 0 aromatic heterocycles. The van der Waals surface area contributed by atoms with Gasteiger partial charge in [-0.3, -0.25) is 24.1 Å². The number of carbonyl (C=O) groups excluding carboxylic acids is 4. The normalized spacial score (nSPS) is 24.2. The Hall–Kier alpha value is -2.70. The fourth-order valence-electron chi connectivity index (χ4n) is 4.87. The maximum absolute atomic E-state index is 12.5. The average molecular weight is 412 g/mol. The largest absolute Gasteiger partial charge is 0.352 e. The summed E-state index contributed by atoms with van der Waals surface area (Å²) in [6, 6.07) is 7.65. The minimum Gasteiger partial charge on any atom is -0.352 e. The van der Waals surface area contributed by atoms with E-state index in [9.17, 15) is 19.2 Å². The number of hydrogen-bond acceptors (Lipinski definition) is 4. The molecule has 0 radical (unpaired) electrons. The van der Waals surface area contributed by atoms with Crippen LogP contribution in [-0.4, -0.2) is 41.6 Å². The maximum atomic E-state index is 12.5. The van der Waals surface area contributed by atoms with Gasteiger partial charge in [0.2, 0.25) is 23.6 Å². The van der Waals surface area contributed by atoms with Crippen LogP contribution in [0.5, 0.6) is 0 Å². The van der Waals surface area contributed by atoms with Gasteiger partial charge in [-0.15, -0.1) is 0 Å². The Bertz CT molecular complexity index is 829. The second kappa shape index (κ2) is 8.98. The van der Waals surface area contributed by atoms with Crippen molar-refractivity contribution < 1.29 is 19.2 Å². The lowest BCUT2D eigenvalue weighted by molar-refractivity contribution is -0.140. The zero-order valence-electron chi connectivity index (χ0n) is 17.3. The topological polar surface area (TPSA) is 86.8 Å². The van der Waals surface area contributed by atoms with Crippen molar-refractivity contribution in [3.63, 3.8) is 0 Å². The highest BCUT2D eigenvalue weighted by Gasteiger charge is 2.47. The first-order valence-electron chi connectivity index (χ1n) is 11.1. The molecular weight excluding hydrogens is 382 g/mol. The molecule has 1 N–H and O–H groups in total. The lowest BCUT2D eigenvalue weighted by Gasteiger charge is -2.27. The van der Waals surface area contributed by atoms with Crippen molar-refractivity contribution in [1.82, 2.24) is 10.2 Å². The van der Waals surface area contributed by atoms with Crippen LogP contribution >= 0.6 is 0 Å². The van der Waals surface area contributed by atoms with Crippen LogP contribution in [0.3, 0.4) is 0 Å². The van der Waals surface area contributed by atoms with E-state index >= 15 is 0 Å². The summed E-state index contributed by atoms with van der Waals surface area (Å²) in [5.74, 6) is -0.593. The standard InChI is InChI=1S/C23H29N3O4/c27-20(11-13-26-22(29)18-8-1-2-9-19(18)23(26)30)24-15-16-6-5-7-17(14-16)25-12-4-3-10-21(25)28/h5-7,14,18-19H,1-4,8-13,15H2,(H,24,27). The van der Waals surface area contributed by atoms with Crippen molar-refractivity contribution in [2.75, 3.05) is 18.0 Å². The van der Waals surface area contributed by atoms with Crippen molar-refractivity contribution in [2.24, 2.45) is 11.8 Å². The molecule has 4 rings (SSSR count). The summed E-state index contributed by atoms with van der Waals surface area (Å²) in [6.45, 7) is 1.23. The fourth-order valence-corrected chi connectivity index (χ4v) is 4.87. The number of carbonyl (C=O) groups is 4. The first-order chi connectivity index (χ1) is 14.5. The Kier molecular flexibility index (Phi) is 6.16. The van der Waals surface area contributed by atoms with E-state index in [0.29, 0.717) is 13.0 Å². The van der Waals surface area contributed by atoms with E-state index in [2.05, 4.69) is 5.32 Å². The number of benzene rings is 1. The molecule has 7 heteroatoms. The number of anilines is 1. The van der Waals surface area contributed by atoms with E-state index in [1.165, 1.54) is 4.90 Å². The Balaban J connectivity index is 1.28. The van der Waals surface area contributed by atoms with Crippen LogP contribution in [0.25, 0.3) is 0 Å². The molecular formula is C23H29N3O4. The van der Waals surface area contributed by atoms with E-state index in [4.69, 9.17) is 0 Å². The number of rotatable bonds is 6. The fraction of sp³-hybridized carbons (Fsp3) is 0.565. The van der Waals surface area contributed by atoms with Gasteiger partial charge in [-0.25, -0.2) is 0 Å². The van der Waals surface area contributed by atoms with Gasteiger partial charge in [0, 0.05) is 38.2 Å². The highest BCUT2D eigenvalue weighted by Crippen LogP contribution is 2.37. The second-order valence-corrected chi connectivity index (χ2v) is 8.52. The number of nitrogens with one attached hydrogen (secondary N) is 1. The van der Waals surface area contributed by atoms with Crippen molar-refractivity contribution in [1.29, 1.82) is 0 Å². The number of likely N-dealkylation sites (tertiary alicyclic amines) is 1. The van der Waals surface area contributed by atoms with Crippen LogP contribution in [0, 0.1) is 11.8 Å². The molecule has 1 aliphatic carbocycles. The van der Waals surface area contributed by atoms with E-state index in [1.807, 2.05) is 24.3 Å². The number of piperidine rings is 1. The highest BCUT2D eigenvalue weighted by molar-refractivity contribution is 6.05. The summed E-state index contributed by atoms with van der Waals surface area (Å²) in [7, 11) is 0. The number of amides is 4. The number of hydrogen-bond donors (Lipinski definition) is 1. The highest BCUT2D eigenvalue weighted by atomic mass is 16.2. The van der Waals surface area contributed by atoms with Crippen LogP contribution in [0.4, 0.5) is 5.69 Å². The molecule has 1 aromatic rings. The number of fused-ring (bicyclic) bond motifs is 1. The molecule has 0 bridgehead atoms. The molecule has 4 amide bonds. The SMILES string of the molecule is O=C(CCN1C(=O)C2CCCCC2C1=O)NCc1cccc(N2CCCCC2=O)c1. The molecule has 3 fully saturated rings. The van der Waals surface area contributed by atoms with Gasteiger partial charge in [-0.1, -0.05) is 25.0 Å². The van der Waals surface area contributed by atoms with Crippen LogP contribution in [0.2, 0.25) is 0 Å². The molecule has 7 nitrogen and oxygen atoms in total. The average Bonchev–Trinajstić information content (AvgIpc) is 3.01. The molecule has 2 aliphatic heterocycles. The van der Waals surface area contributed by atoms with E-state index in [-0.39, 0.29) is 48.4 Å². The van der Waals surface area contributed by atoms with E-state index in [0.717, 1.165) is 56.3 Å². The molecule has 2 heterocycles. The Morgan fingerprint density at radius 1 is 1.00 bits per heavy atom. The van der Waals surface area contributed by atoms with Gasteiger partial charge in [-0.2, -0.15) is 0 Å².